The van der Waals surface area contributed by atoms with E-state index in [1.807, 2.05) is 30.3 Å². The van der Waals surface area contributed by atoms with Crippen LogP contribution in [0.25, 0.3) is 0 Å². The highest BCUT2D eigenvalue weighted by Crippen LogP contribution is 2.01. The Labute approximate surface area is 130 Å². The van der Waals surface area contributed by atoms with Crippen molar-refractivity contribution in [2.45, 2.75) is 32.6 Å². The van der Waals surface area contributed by atoms with Gasteiger partial charge in [-0.15, -0.1) is 12.4 Å². The Balaban J connectivity index is 0.00000400. The summed E-state index contributed by atoms with van der Waals surface area (Å²) in [6.45, 7) is 3.52. The van der Waals surface area contributed by atoms with Gasteiger partial charge in [0.05, 0.1) is 6.10 Å². The SMILES string of the molecule is CC(C)OC(=O)C(CN)NC(=O)OCc1ccccc1.Cl. The summed E-state index contributed by atoms with van der Waals surface area (Å²) in [7, 11) is 0. The van der Waals surface area contributed by atoms with E-state index in [4.69, 9.17) is 15.2 Å². The van der Waals surface area contributed by atoms with Gasteiger partial charge < -0.3 is 20.5 Å². The smallest absolute Gasteiger partial charge is 0.408 e. The first-order valence-corrected chi connectivity index (χ1v) is 6.40. The molecule has 0 aliphatic rings. The average molecular weight is 317 g/mol. The number of hydrogen-bond acceptors (Lipinski definition) is 5. The van der Waals surface area contributed by atoms with Crippen molar-refractivity contribution in [3.8, 4) is 0 Å². The Morgan fingerprint density at radius 1 is 1.24 bits per heavy atom. The van der Waals surface area contributed by atoms with Crippen LogP contribution in [0.3, 0.4) is 0 Å². The van der Waals surface area contributed by atoms with Crippen LogP contribution >= 0.6 is 12.4 Å². The zero-order chi connectivity index (χ0) is 15.0. The Morgan fingerprint density at radius 2 is 1.86 bits per heavy atom. The molecule has 1 aromatic rings. The van der Waals surface area contributed by atoms with Gasteiger partial charge >= 0.3 is 12.1 Å². The molecule has 1 amide bonds. The third-order valence-electron chi connectivity index (χ3n) is 2.38. The van der Waals surface area contributed by atoms with Gasteiger partial charge in [-0.25, -0.2) is 9.59 Å². The van der Waals surface area contributed by atoms with Gasteiger partial charge in [0.15, 0.2) is 0 Å². The number of nitrogens with one attached hydrogen (secondary N) is 1. The van der Waals surface area contributed by atoms with Gasteiger partial charge in [0.25, 0.3) is 0 Å². The van der Waals surface area contributed by atoms with Crippen molar-refractivity contribution in [3.63, 3.8) is 0 Å². The topological polar surface area (TPSA) is 90.6 Å². The fourth-order valence-electron chi connectivity index (χ4n) is 1.44. The van der Waals surface area contributed by atoms with Crippen LogP contribution in [-0.4, -0.2) is 30.8 Å². The highest BCUT2D eigenvalue weighted by molar-refractivity contribution is 5.85. The first-order chi connectivity index (χ1) is 9.52. The minimum Gasteiger partial charge on any atom is -0.461 e. The number of benzene rings is 1. The molecule has 3 N–H and O–H groups in total. The number of rotatable bonds is 6. The number of hydrogen-bond donors (Lipinski definition) is 2. The van der Waals surface area contributed by atoms with Crippen molar-refractivity contribution in [1.82, 2.24) is 5.32 Å². The van der Waals surface area contributed by atoms with Crippen molar-refractivity contribution in [2.75, 3.05) is 6.54 Å². The molecule has 21 heavy (non-hydrogen) atoms. The lowest BCUT2D eigenvalue weighted by atomic mass is 10.2. The van der Waals surface area contributed by atoms with Gasteiger partial charge in [-0.3, -0.25) is 0 Å². The van der Waals surface area contributed by atoms with Crippen molar-refractivity contribution >= 4 is 24.5 Å². The van der Waals surface area contributed by atoms with Gasteiger partial charge in [0.1, 0.15) is 12.6 Å². The summed E-state index contributed by atoms with van der Waals surface area (Å²) in [4.78, 5) is 23.2. The van der Waals surface area contributed by atoms with Gasteiger partial charge in [0.2, 0.25) is 0 Å². The minimum atomic E-state index is -0.902. The van der Waals surface area contributed by atoms with Crippen molar-refractivity contribution in [1.29, 1.82) is 0 Å². The van der Waals surface area contributed by atoms with E-state index in [1.54, 1.807) is 13.8 Å². The van der Waals surface area contributed by atoms with Crippen molar-refractivity contribution in [3.05, 3.63) is 35.9 Å². The van der Waals surface area contributed by atoms with Gasteiger partial charge in [-0.05, 0) is 19.4 Å². The lowest BCUT2D eigenvalue weighted by Crippen LogP contribution is -2.47. The molecule has 0 radical (unpaired) electrons. The van der Waals surface area contributed by atoms with E-state index in [1.165, 1.54) is 0 Å². The van der Waals surface area contributed by atoms with Gasteiger partial charge in [-0.2, -0.15) is 0 Å². The molecular weight excluding hydrogens is 296 g/mol. The summed E-state index contributed by atoms with van der Waals surface area (Å²) in [5.41, 5.74) is 6.29. The number of carbonyl (C=O) groups is 2. The van der Waals surface area contributed by atoms with E-state index in [-0.39, 0.29) is 31.7 Å². The van der Waals surface area contributed by atoms with Crippen LogP contribution in [0.1, 0.15) is 19.4 Å². The van der Waals surface area contributed by atoms with Crippen LogP contribution in [0, 0.1) is 0 Å². The van der Waals surface area contributed by atoms with Crippen LogP contribution in [0.5, 0.6) is 0 Å². The third-order valence-corrected chi connectivity index (χ3v) is 2.38. The number of carbonyl (C=O) groups excluding carboxylic acids is 2. The fraction of sp³-hybridized carbons (Fsp3) is 0.429. The molecule has 0 aromatic heterocycles. The maximum absolute atomic E-state index is 11.6. The number of ether oxygens (including phenoxy) is 2. The molecule has 0 bridgehead atoms. The number of nitrogens with two attached hydrogens (primary N) is 1. The van der Waals surface area contributed by atoms with E-state index >= 15 is 0 Å². The summed E-state index contributed by atoms with van der Waals surface area (Å²) >= 11 is 0. The number of amides is 1. The molecule has 7 heteroatoms. The summed E-state index contributed by atoms with van der Waals surface area (Å²) in [5.74, 6) is -0.570. The second kappa shape index (κ2) is 10.0. The molecule has 0 aliphatic heterocycles. The largest absolute Gasteiger partial charge is 0.461 e. The Morgan fingerprint density at radius 3 is 2.38 bits per heavy atom. The molecule has 0 spiro atoms. The summed E-state index contributed by atoms with van der Waals surface area (Å²) < 4.78 is 9.98. The second-order valence-electron chi connectivity index (χ2n) is 4.48. The molecule has 0 heterocycles. The Hall–Kier alpha value is -1.79. The monoisotopic (exact) mass is 316 g/mol. The van der Waals surface area contributed by atoms with E-state index < -0.39 is 18.1 Å². The summed E-state index contributed by atoms with van der Waals surface area (Å²) in [5, 5.41) is 2.38. The van der Waals surface area contributed by atoms with E-state index in [0.717, 1.165) is 5.56 Å². The second-order valence-corrected chi connectivity index (χ2v) is 4.48. The molecule has 6 nitrogen and oxygen atoms in total. The predicted octanol–water partition coefficient (Wildman–Crippen LogP) is 1.61. The standard InChI is InChI=1S/C14H20N2O4.ClH/c1-10(2)20-13(17)12(8-15)16-14(18)19-9-11-6-4-3-5-7-11;/h3-7,10,12H,8-9,15H2,1-2H3,(H,16,18);1H. The number of halogens is 1. The molecule has 118 valence electrons. The predicted molar refractivity (Wildman–Crippen MR) is 81.1 cm³/mol. The van der Waals surface area contributed by atoms with Crippen LogP contribution in [-0.2, 0) is 20.9 Å². The van der Waals surface area contributed by atoms with Crippen LogP contribution in [0.2, 0.25) is 0 Å². The molecule has 1 aromatic carbocycles. The normalized spacial score (nSPS) is 11.2. The first kappa shape index (κ1) is 19.2. The van der Waals surface area contributed by atoms with E-state index in [0.29, 0.717) is 0 Å². The molecule has 1 atom stereocenters. The lowest BCUT2D eigenvalue weighted by Gasteiger charge is -2.17. The minimum absolute atomic E-state index is 0. The number of alkyl carbamates (subject to hydrolysis) is 1. The lowest BCUT2D eigenvalue weighted by molar-refractivity contribution is -0.149. The molecule has 1 unspecified atom stereocenters. The average Bonchev–Trinajstić information content (AvgIpc) is 2.42. The van der Waals surface area contributed by atoms with Crippen molar-refractivity contribution < 1.29 is 19.1 Å². The van der Waals surface area contributed by atoms with Gasteiger partial charge in [-0.1, -0.05) is 30.3 Å². The molecular formula is C14H21ClN2O4. The van der Waals surface area contributed by atoms with Crippen molar-refractivity contribution in [2.24, 2.45) is 5.73 Å². The van der Waals surface area contributed by atoms with E-state index in [9.17, 15) is 9.59 Å². The van der Waals surface area contributed by atoms with Crippen LogP contribution in [0.4, 0.5) is 4.79 Å². The van der Waals surface area contributed by atoms with Crippen LogP contribution < -0.4 is 11.1 Å². The van der Waals surface area contributed by atoms with Crippen LogP contribution in [0.15, 0.2) is 30.3 Å². The zero-order valence-electron chi connectivity index (χ0n) is 12.1. The summed E-state index contributed by atoms with van der Waals surface area (Å²) in [6, 6.07) is 8.33. The highest BCUT2D eigenvalue weighted by atomic mass is 35.5. The quantitative estimate of drug-likeness (QED) is 0.778. The van der Waals surface area contributed by atoms with Gasteiger partial charge in [0, 0.05) is 6.54 Å². The molecule has 0 saturated carbocycles. The summed E-state index contributed by atoms with van der Waals surface area (Å²) in [6.07, 6.45) is -0.969. The molecule has 0 aliphatic carbocycles. The first-order valence-electron chi connectivity index (χ1n) is 6.40. The maximum Gasteiger partial charge on any atom is 0.408 e. The highest BCUT2D eigenvalue weighted by Gasteiger charge is 2.22. The number of esters is 1. The molecule has 0 saturated heterocycles. The Bertz CT molecular complexity index is 440. The fourth-order valence-corrected chi connectivity index (χ4v) is 1.44. The van der Waals surface area contributed by atoms with E-state index in [2.05, 4.69) is 5.32 Å². The zero-order valence-corrected chi connectivity index (χ0v) is 12.9. The maximum atomic E-state index is 11.6. The molecule has 0 fully saturated rings. The Kier molecular flexibility index (Phi) is 9.16. The molecule has 1 rings (SSSR count). The third kappa shape index (κ3) is 7.53.